The monoisotopic (exact) mass is 424 g/mol. The zero-order valence-corrected chi connectivity index (χ0v) is 17.8. The van der Waals surface area contributed by atoms with Crippen LogP contribution in [0.1, 0.15) is 6.42 Å². The molecule has 32 heavy (non-hydrogen) atoms. The first-order chi connectivity index (χ1) is 15.7. The summed E-state index contributed by atoms with van der Waals surface area (Å²) in [6, 6.07) is 21.8. The van der Waals surface area contributed by atoms with Crippen LogP contribution in [-0.2, 0) is 6.54 Å². The van der Waals surface area contributed by atoms with Gasteiger partial charge < -0.3 is 20.0 Å². The lowest BCUT2D eigenvalue weighted by atomic mass is 10.0. The highest BCUT2D eigenvalue weighted by molar-refractivity contribution is 5.98. The fourth-order valence-corrected chi connectivity index (χ4v) is 4.18. The number of rotatable bonds is 6. The number of nitrogens with one attached hydrogen (secondary N) is 1. The van der Waals surface area contributed by atoms with E-state index in [9.17, 15) is 4.79 Å². The predicted molar refractivity (Wildman–Crippen MR) is 129 cm³/mol. The molecule has 6 nitrogen and oxygen atoms in total. The summed E-state index contributed by atoms with van der Waals surface area (Å²) in [5, 5.41) is 0.927. The molecule has 3 N–H and O–H groups in total. The number of para-hydroxylation sites is 1. The largest absolute Gasteiger partial charge is 0.497 e. The van der Waals surface area contributed by atoms with E-state index < -0.39 is 0 Å². The van der Waals surface area contributed by atoms with Gasteiger partial charge in [-0.05, 0) is 42.8 Å². The average molecular weight is 425 g/mol. The standard InChI is InChI=1S/C26H24N4O2/c1-32-18-11-12-23-20(15-18)21(16-30(23)14-6-13-27)25-26(31)28-22-10-5-9-19(24(22)29-25)17-7-3-2-4-8-17/h2-5,7-12,15-16H,6,13-14,27H2,1H3,(H,28,31). The highest BCUT2D eigenvalue weighted by atomic mass is 16.5. The number of aryl methyl sites for hydroxylation is 1. The molecule has 5 rings (SSSR count). The van der Waals surface area contributed by atoms with Gasteiger partial charge in [-0.15, -0.1) is 0 Å². The van der Waals surface area contributed by atoms with Gasteiger partial charge in [-0.25, -0.2) is 4.98 Å². The van der Waals surface area contributed by atoms with Crippen LogP contribution >= 0.6 is 0 Å². The van der Waals surface area contributed by atoms with Gasteiger partial charge >= 0.3 is 0 Å². The Morgan fingerprint density at radius 2 is 1.88 bits per heavy atom. The lowest BCUT2D eigenvalue weighted by Crippen LogP contribution is -2.11. The van der Waals surface area contributed by atoms with Crippen molar-refractivity contribution in [1.29, 1.82) is 0 Å². The maximum Gasteiger partial charge on any atom is 0.275 e. The smallest absolute Gasteiger partial charge is 0.275 e. The number of hydrogen-bond acceptors (Lipinski definition) is 4. The zero-order chi connectivity index (χ0) is 22.1. The Labute approximate surface area is 185 Å². The molecule has 0 unspecified atom stereocenters. The van der Waals surface area contributed by atoms with Crippen LogP contribution in [0, 0.1) is 0 Å². The molecule has 0 aliphatic carbocycles. The van der Waals surface area contributed by atoms with E-state index in [1.54, 1.807) is 7.11 Å². The van der Waals surface area contributed by atoms with E-state index in [-0.39, 0.29) is 5.56 Å². The highest BCUT2D eigenvalue weighted by Gasteiger charge is 2.17. The zero-order valence-electron chi connectivity index (χ0n) is 17.8. The molecule has 0 spiro atoms. The first kappa shape index (κ1) is 20.0. The second-order valence-corrected chi connectivity index (χ2v) is 7.74. The third-order valence-electron chi connectivity index (χ3n) is 5.75. The van der Waals surface area contributed by atoms with Crippen molar-refractivity contribution in [2.24, 2.45) is 5.73 Å². The Kier molecular flexibility index (Phi) is 5.21. The maximum atomic E-state index is 13.1. The van der Waals surface area contributed by atoms with Crippen LogP contribution in [0.4, 0.5) is 0 Å². The molecular formula is C26H24N4O2. The van der Waals surface area contributed by atoms with Gasteiger partial charge in [0.15, 0.2) is 0 Å². The first-order valence-electron chi connectivity index (χ1n) is 10.7. The molecule has 0 saturated carbocycles. The minimum absolute atomic E-state index is 0.219. The Morgan fingerprint density at radius 1 is 1.03 bits per heavy atom. The van der Waals surface area contributed by atoms with Crippen LogP contribution in [0.15, 0.2) is 77.7 Å². The molecule has 0 atom stereocenters. The minimum Gasteiger partial charge on any atom is -0.497 e. The lowest BCUT2D eigenvalue weighted by molar-refractivity contribution is 0.415. The summed E-state index contributed by atoms with van der Waals surface area (Å²) >= 11 is 0. The summed E-state index contributed by atoms with van der Waals surface area (Å²) in [6.07, 6.45) is 2.84. The molecule has 6 heteroatoms. The van der Waals surface area contributed by atoms with Crippen molar-refractivity contribution in [3.05, 3.63) is 83.3 Å². The third kappa shape index (κ3) is 3.44. The van der Waals surface area contributed by atoms with Crippen molar-refractivity contribution < 1.29 is 4.74 Å². The van der Waals surface area contributed by atoms with Gasteiger partial charge in [-0.3, -0.25) is 4.79 Å². The van der Waals surface area contributed by atoms with E-state index in [1.165, 1.54) is 0 Å². The van der Waals surface area contributed by atoms with Gasteiger partial charge in [0.05, 0.1) is 18.1 Å². The number of hydrogen-bond donors (Lipinski definition) is 2. The number of nitrogens with two attached hydrogens (primary N) is 1. The van der Waals surface area contributed by atoms with E-state index in [2.05, 4.69) is 9.55 Å². The maximum absolute atomic E-state index is 13.1. The lowest BCUT2D eigenvalue weighted by Gasteiger charge is -2.08. The summed E-state index contributed by atoms with van der Waals surface area (Å²) in [5.41, 5.74) is 11.2. The second-order valence-electron chi connectivity index (χ2n) is 7.74. The number of H-pyrrole nitrogens is 1. The van der Waals surface area contributed by atoms with Crippen LogP contribution < -0.4 is 16.0 Å². The van der Waals surface area contributed by atoms with E-state index >= 15 is 0 Å². The summed E-state index contributed by atoms with van der Waals surface area (Å²) in [6.45, 7) is 1.36. The van der Waals surface area contributed by atoms with E-state index in [1.807, 2.05) is 72.9 Å². The Bertz CT molecular complexity index is 1470. The normalized spacial score (nSPS) is 11.3. The summed E-state index contributed by atoms with van der Waals surface area (Å²) in [4.78, 5) is 21.1. The van der Waals surface area contributed by atoms with Crippen LogP contribution in [0.3, 0.4) is 0 Å². The van der Waals surface area contributed by atoms with Gasteiger partial charge in [-0.2, -0.15) is 0 Å². The van der Waals surface area contributed by atoms with Crippen LogP contribution in [0.25, 0.3) is 44.3 Å². The van der Waals surface area contributed by atoms with Crippen LogP contribution in [0.5, 0.6) is 5.75 Å². The molecule has 0 saturated heterocycles. The molecule has 0 aliphatic heterocycles. The molecule has 160 valence electrons. The fourth-order valence-electron chi connectivity index (χ4n) is 4.18. The molecule has 0 bridgehead atoms. The summed E-state index contributed by atoms with van der Waals surface area (Å²) in [5.74, 6) is 0.734. The van der Waals surface area contributed by atoms with Gasteiger partial charge in [0.2, 0.25) is 0 Å². The van der Waals surface area contributed by atoms with Gasteiger partial charge in [0.25, 0.3) is 5.56 Å². The number of nitrogens with zero attached hydrogens (tertiary/aromatic N) is 2. The summed E-state index contributed by atoms with van der Waals surface area (Å²) < 4.78 is 7.58. The van der Waals surface area contributed by atoms with Crippen LogP contribution in [0.2, 0.25) is 0 Å². The second kappa shape index (κ2) is 8.32. The predicted octanol–water partition coefficient (Wildman–Crippen LogP) is 4.57. The van der Waals surface area contributed by atoms with E-state index in [4.69, 9.17) is 15.5 Å². The Hall–Kier alpha value is -3.90. The van der Waals surface area contributed by atoms with E-state index in [0.29, 0.717) is 17.8 Å². The van der Waals surface area contributed by atoms with Gasteiger partial charge in [-0.1, -0.05) is 42.5 Å². The van der Waals surface area contributed by atoms with Crippen molar-refractivity contribution in [3.8, 4) is 28.1 Å². The number of aromatic nitrogens is 3. The first-order valence-corrected chi connectivity index (χ1v) is 10.7. The third-order valence-corrected chi connectivity index (χ3v) is 5.75. The Morgan fingerprint density at radius 3 is 2.66 bits per heavy atom. The molecule has 0 amide bonds. The molecule has 2 aromatic heterocycles. The molecule has 0 aliphatic rings. The van der Waals surface area contributed by atoms with Gasteiger partial charge in [0.1, 0.15) is 11.4 Å². The molecule has 0 radical (unpaired) electrons. The SMILES string of the molecule is COc1ccc2c(c1)c(-c1nc3c(-c4ccccc4)cccc3[nH]c1=O)cn2CCCN. The van der Waals surface area contributed by atoms with E-state index in [0.717, 1.165) is 51.8 Å². The van der Waals surface area contributed by atoms with Crippen molar-refractivity contribution in [2.75, 3.05) is 13.7 Å². The average Bonchev–Trinajstić information content (AvgIpc) is 3.19. The number of methoxy groups -OCH3 is 1. The summed E-state index contributed by atoms with van der Waals surface area (Å²) in [7, 11) is 1.64. The van der Waals surface area contributed by atoms with Crippen molar-refractivity contribution >= 4 is 21.9 Å². The highest BCUT2D eigenvalue weighted by Crippen LogP contribution is 2.33. The number of benzene rings is 3. The quantitative estimate of drug-likeness (QED) is 0.418. The topological polar surface area (TPSA) is 85.9 Å². The van der Waals surface area contributed by atoms with Crippen molar-refractivity contribution in [3.63, 3.8) is 0 Å². The van der Waals surface area contributed by atoms with Gasteiger partial charge in [0, 0.05) is 34.8 Å². The Balaban J connectivity index is 1.77. The molecular weight excluding hydrogens is 400 g/mol. The van der Waals surface area contributed by atoms with Crippen molar-refractivity contribution in [2.45, 2.75) is 13.0 Å². The molecule has 3 aromatic carbocycles. The molecule has 2 heterocycles. The molecule has 5 aromatic rings. The molecule has 0 fully saturated rings. The number of aromatic amines is 1. The minimum atomic E-state index is -0.219. The fraction of sp³-hybridized carbons (Fsp3) is 0.154. The number of fused-ring (bicyclic) bond motifs is 2. The van der Waals surface area contributed by atoms with Crippen molar-refractivity contribution in [1.82, 2.24) is 14.5 Å². The van der Waals surface area contributed by atoms with Crippen LogP contribution in [-0.4, -0.2) is 28.2 Å². The number of ether oxygens (including phenoxy) is 1.